The molecule has 0 unspecified atom stereocenters. The Kier molecular flexibility index (Phi) is 4.44. The second-order valence-corrected chi connectivity index (χ2v) is 4.17. The largest absolute Gasteiger partial charge is 0.325 e. The third-order valence-electron chi connectivity index (χ3n) is 2.56. The van der Waals surface area contributed by atoms with Gasteiger partial charge in [0.1, 0.15) is 5.82 Å². The van der Waals surface area contributed by atoms with E-state index in [-0.39, 0.29) is 12.2 Å². The van der Waals surface area contributed by atoms with Crippen LogP contribution in [0.15, 0.2) is 54.6 Å². The van der Waals surface area contributed by atoms with Crippen molar-refractivity contribution in [3.05, 3.63) is 66.0 Å². The van der Waals surface area contributed by atoms with Crippen molar-refractivity contribution in [2.75, 3.05) is 5.32 Å². The minimum atomic E-state index is -0.594. The SMILES string of the molecule is O=C(Cc1ccc(F)cc1)NC(=O)Nc1ccccc1. The molecule has 2 N–H and O–H groups in total. The summed E-state index contributed by atoms with van der Waals surface area (Å²) in [6, 6.07) is 13.7. The second-order valence-electron chi connectivity index (χ2n) is 4.17. The number of benzene rings is 2. The van der Waals surface area contributed by atoms with E-state index in [1.54, 1.807) is 24.3 Å². The maximum atomic E-state index is 12.7. The van der Waals surface area contributed by atoms with Crippen LogP contribution in [0, 0.1) is 5.82 Å². The van der Waals surface area contributed by atoms with Crippen LogP contribution in [0.25, 0.3) is 0 Å². The molecule has 0 aliphatic carbocycles. The molecule has 0 spiro atoms. The minimum absolute atomic E-state index is 0.0164. The number of urea groups is 1. The summed E-state index contributed by atoms with van der Waals surface area (Å²) >= 11 is 0. The maximum absolute atomic E-state index is 12.7. The fraction of sp³-hybridized carbons (Fsp3) is 0.0667. The lowest BCUT2D eigenvalue weighted by Crippen LogP contribution is -2.35. The first-order chi connectivity index (χ1) is 9.63. The molecule has 0 saturated heterocycles. The first kappa shape index (κ1) is 13.7. The topological polar surface area (TPSA) is 58.2 Å². The van der Waals surface area contributed by atoms with Crippen molar-refractivity contribution in [3.63, 3.8) is 0 Å². The molecule has 2 aromatic rings. The molecule has 0 heterocycles. The quantitative estimate of drug-likeness (QED) is 0.902. The van der Waals surface area contributed by atoms with Gasteiger partial charge < -0.3 is 5.32 Å². The zero-order chi connectivity index (χ0) is 14.4. The minimum Gasteiger partial charge on any atom is -0.308 e. The van der Waals surface area contributed by atoms with E-state index in [0.29, 0.717) is 11.3 Å². The zero-order valence-corrected chi connectivity index (χ0v) is 10.6. The summed E-state index contributed by atoms with van der Waals surface area (Å²) in [5, 5.41) is 4.75. The lowest BCUT2D eigenvalue weighted by molar-refractivity contribution is -0.119. The molecule has 102 valence electrons. The average molecular weight is 272 g/mol. The molecule has 20 heavy (non-hydrogen) atoms. The monoisotopic (exact) mass is 272 g/mol. The number of hydrogen-bond donors (Lipinski definition) is 2. The molecule has 0 saturated carbocycles. The standard InChI is InChI=1S/C15H13FN2O2/c16-12-8-6-11(7-9-12)10-14(19)18-15(20)17-13-4-2-1-3-5-13/h1-9H,10H2,(H2,17,18,19,20). The molecule has 0 atom stereocenters. The number of imide groups is 1. The van der Waals surface area contributed by atoms with E-state index < -0.39 is 11.9 Å². The number of carbonyl (C=O) groups is 2. The highest BCUT2D eigenvalue weighted by Gasteiger charge is 2.08. The van der Waals surface area contributed by atoms with Crippen molar-refractivity contribution in [2.24, 2.45) is 0 Å². The molecular weight excluding hydrogens is 259 g/mol. The van der Waals surface area contributed by atoms with E-state index in [9.17, 15) is 14.0 Å². The van der Waals surface area contributed by atoms with Crippen molar-refractivity contribution < 1.29 is 14.0 Å². The Balaban J connectivity index is 1.85. The normalized spacial score (nSPS) is 9.85. The van der Waals surface area contributed by atoms with Crippen LogP contribution in [0.2, 0.25) is 0 Å². The lowest BCUT2D eigenvalue weighted by atomic mass is 10.1. The first-order valence-corrected chi connectivity index (χ1v) is 6.04. The lowest BCUT2D eigenvalue weighted by Gasteiger charge is -2.06. The van der Waals surface area contributed by atoms with Crippen molar-refractivity contribution >= 4 is 17.6 Å². The summed E-state index contributed by atoms with van der Waals surface area (Å²) in [4.78, 5) is 23.2. The van der Waals surface area contributed by atoms with Gasteiger partial charge in [-0.3, -0.25) is 10.1 Å². The Bertz CT molecular complexity index is 597. The van der Waals surface area contributed by atoms with Gasteiger partial charge in [0.15, 0.2) is 0 Å². The Hall–Kier alpha value is -2.69. The molecule has 3 amide bonds. The molecule has 0 bridgehead atoms. The number of hydrogen-bond acceptors (Lipinski definition) is 2. The number of carbonyl (C=O) groups excluding carboxylic acids is 2. The van der Waals surface area contributed by atoms with Crippen LogP contribution in [0.3, 0.4) is 0 Å². The first-order valence-electron chi connectivity index (χ1n) is 6.04. The molecule has 4 nitrogen and oxygen atoms in total. The fourth-order valence-corrected chi connectivity index (χ4v) is 1.64. The maximum Gasteiger partial charge on any atom is 0.325 e. The van der Waals surface area contributed by atoms with E-state index in [1.807, 2.05) is 6.07 Å². The van der Waals surface area contributed by atoms with Gasteiger partial charge in [0.05, 0.1) is 6.42 Å². The highest BCUT2D eigenvalue weighted by atomic mass is 19.1. The summed E-state index contributed by atoms with van der Waals surface area (Å²) in [6.07, 6.45) is 0.0164. The summed E-state index contributed by atoms with van der Waals surface area (Å²) < 4.78 is 12.7. The molecule has 0 aliphatic heterocycles. The Morgan fingerprint density at radius 2 is 1.60 bits per heavy atom. The number of para-hydroxylation sites is 1. The van der Waals surface area contributed by atoms with Gasteiger partial charge >= 0.3 is 6.03 Å². The van der Waals surface area contributed by atoms with Crippen LogP contribution in [0.1, 0.15) is 5.56 Å². The summed E-state index contributed by atoms with van der Waals surface area (Å²) in [7, 11) is 0. The molecule has 2 aromatic carbocycles. The highest BCUT2D eigenvalue weighted by molar-refractivity contribution is 6.01. The van der Waals surface area contributed by atoms with E-state index in [0.717, 1.165) is 0 Å². The third-order valence-corrected chi connectivity index (χ3v) is 2.56. The predicted octanol–water partition coefficient (Wildman–Crippen LogP) is 2.72. The van der Waals surface area contributed by atoms with Gasteiger partial charge in [-0.25, -0.2) is 9.18 Å². The summed E-state index contributed by atoms with van der Waals surface area (Å²) in [5.74, 6) is -0.819. The Morgan fingerprint density at radius 1 is 0.950 bits per heavy atom. The molecular formula is C15H13FN2O2. The molecule has 0 aromatic heterocycles. The van der Waals surface area contributed by atoms with E-state index in [2.05, 4.69) is 10.6 Å². The Labute approximate surface area is 115 Å². The number of halogens is 1. The average Bonchev–Trinajstić information content (AvgIpc) is 2.42. The van der Waals surface area contributed by atoms with Crippen molar-refractivity contribution in [3.8, 4) is 0 Å². The van der Waals surface area contributed by atoms with Gasteiger partial charge in [0, 0.05) is 5.69 Å². The fourth-order valence-electron chi connectivity index (χ4n) is 1.64. The Morgan fingerprint density at radius 3 is 2.25 bits per heavy atom. The van der Waals surface area contributed by atoms with E-state index in [4.69, 9.17) is 0 Å². The van der Waals surface area contributed by atoms with Crippen LogP contribution < -0.4 is 10.6 Å². The number of nitrogens with one attached hydrogen (secondary N) is 2. The van der Waals surface area contributed by atoms with Crippen LogP contribution in [0.5, 0.6) is 0 Å². The molecule has 0 fully saturated rings. The van der Waals surface area contributed by atoms with Crippen LogP contribution in [-0.2, 0) is 11.2 Å². The number of amides is 3. The zero-order valence-electron chi connectivity index (χ0n) is 10.6. The van der Waals surface area contributed by atoms with Crippen molar-refractivity contribution in [1.82, 2.24) is 5.32 Å². The summed E-state index contributed by atoms with van der Waals surface area (Å²) in [6.45, 7) is 0. The molecule has 0 aliphatic rings. The summed E-state index contributed by atoms with van der Waals surface area (Å²) in [5.41, 5.74) is 1.23. The third kappa shape index (κ3) is 4.20. The second kappa shape index (κ2) is 6.47. The van der Waals surface area contributed by atoms with Crippen LogP contribution in [-0.4, -0.2) is 11.9 Å². The van der Waals surface area contributed by atoms with Gasteiger partial charge in [0.2, 0.25) is 5.91 Å². The van der Waals surface area contributed by atoms with Crippen LogP contribution >= 0.6 is 0 Å². The van der Waals surface area contributed by atoms with Crippen molar-refractivity contribution in [1.29, 1.82) is 0 Å². The smallest absolute Gasteiger partial charge is 0.308 e. The highest BCUT2D eigenvalue weighted by Crippen LogP contribution is 2.05. The van der Waals surface area contributed by atoms with Gasteiger partial charge in [-0.2, -0.15) is 0 Å². The number of rotatable bonds is 3. The van der Waals surface area contributed by atoms with Crippen LogP contribution in [0.4, 0.5) is 14.9 Å². The molecule has 5 heteroatoms. The molecule has 0 radical (unpaired) electrons. The van der Waals surface area contributed by atoms with Gasteiger partial charge in [-0.15, -0.1) is 0 Å². The van der Waals surface area contributed by atoms with Gasteiger partial charge in [0.25, 0.3) is 0 Å². The number of anilines is 1. The van der Waals surface area contributed by atoms with E-state index in [1.165, 1.54) is 24.3 Å². The van der Waals surface area contributed by atoms with Crippen molar-refractivity contribution in [2.45, 2.75) is 6.42 Å². The van der Waals surface area contributed by atoms with E-state index >= 15 is 0 Å². The predicted molar refractivity (Wildman–Crippen MR) is 73.7 cm³/mol. The molecule has 2 rings (SSSR count). The van der Waals surface area contributed by atoms with Gasteiger partial charge in [-0.1, -0.05) is 30.3 Å². The van der Waals surface area contributed by atoms with Gasteiger partial charge in [-0.05, 0) is 29.8 Å².